The van der Waals surface area contributed by atoms with Gasteiger partial charge in [-0.15, -0.1) is 0 Å². The smallest absolute Gasteiger partial charge is 0.122 e. The molecule has 17 heavy (non-hydrogen) atoms. The maximum Gasteiger partial charge on any atom is 0.122 e. The maximum atomic E-state index is 5.38. The van der Waals surface area contributed by atoms with Crippen LogP contribution in [0.3, 0.4) is 0 Å². The molecule has 0 heterocycles. The zero-order chi connectivity index (χ0) is 12.7. The molecule has 1 rings (SSSR count). The number of benzene rings is 1. The van der Waals surface area contributed by atoms with Crippen LogP contribution in [0.1, 0.15) is 31.7 Å². The minimum Gasteiger partial charge on any atom is -0.496 e. The number of methoxy groups -OCH3 is 1. The van der Waals surface area contributed by atoms with Crippen LogP contribution in [-0.4, -0.2) is 20.2 Å². The first-order valence-electron chi connectivity index (χ1n) is 6.21. The van der Waals surface area contributed by atoms with Gasteiger partial charge in [-0.3, -0.25) is 0 Å². The second kappa shape index (κ2) is 7.72. The molecular weight excluding hydrogens is 278 g/mol. The van der Waals surface area contributed by atoms with Crippen LogP contribution in [0, 0.1) is 0 Å². The summed E-state index contributed by atoms with van der Waals surface area (Å²) < 4.78 is 6.50. The van der Waals surface area contributed by atoms with Crippen LogP contribution in [0.2, 0.25) is 0 Å². The van der Waals surface area contributed by atoms with Crippen molar-refractivity contribution in [1.29, 1.82) is 0 Å². The number of aryl methyl sites for hydroxylation is 1. The van der Waals surface area contributed by atoms with Gasteiger partial charge < -0.3 is 10.1 Å². The number of hydrogen-bond acceptors (Lipinski definition) is 2. The molecule has 0 aliphatic heterocycles. The van der Waals surface area contributed by atoms with E-state index in [9.17, 15) is 0 Å². The fourth-order valence-electron chi connectivity index (χ4n) is 2.05. The van der Waals surface area contributed by atoms with E-state index < -0.39 is 0 Å². The van der Waals surface area contributed by atoms with Gasteiger partial charge in [-0.05, 0) is 50.1 Å². The molecule has 0 saturated heterocycles. The van der Waals surface area contributed by atoms with E-state index in [1.54, 1.807) is 7.11 Å². The van der Waals surface area contributed by atoms with Crippen molar-refractivity contribution < 1.29 is 4.74 Å². The Balaban J connectivity index is 2.63. The molecule has 1 unspecified atom stereocenters. The Labute approximate surface area is 113 Å². The van der Waals surface area contributed by atoms with Crippen LogP contribution in [0.5, 0.6) is 5.75 Å². The van der Waals surface area contributed by atoms with Crippen molar-refractivity contribution in [2.24, 2.45) is 0 Å². The second-order valence-electron chi connectivity index (χ2n) is 4.27. The van der Waals surface area contributed by atoms with Crippen LogP contribution < -0.4 is 10.1 Å². The first-order chi connectivity index (χ1) is 8.21. The number of ether oxygens (including phenoxy) is 1. The highest BCUT2D eigenvalue weighted by Crippen LogP contribution is 2.24. The molecule has 1 atom stereocenters. The molecule has 0 aliphatic rings. The molecule has 1 aromatic rings. The molecule has 0 amide bonds. The van der Waals surface area contributed by atoms with E-state index in [0.717, 1.165) is 23.1 Å². The first-order valence-corrected chi connectivity index (χ1v) is 7.00. The van der Waals surface area contributed by atoms with Crippen molar-refractivity contribution in [3.8, 4) is 5.75 Å². The fourth-order valence-corrected chi connectivity index (χ4v) is 2.46. The number of nitrogens with one attached hydrogen (secondary N) is 1. The maximum absolute atomic E-state index is 5.38. The Kier molecular flexibility index (Phi) is 6.60. The molecule has 0 spiro atoms. The van der Waals surface area contributed by atoms with E-state index in [0.29, 0.717) is 6.04 Å². The van der Waals surface area contributed by atoms with Crippen LogP contribution >= 0.6 is 15.9 Å². The van der Waals surface area contributed by atoms with Crippen molar-refractivity contribution in [2.45, 2.75) is 38.6 Å². The van der Waals surface area contributed by atoms with Gasteiger partial charge in [0.1, 0.15) is 5.75 Å². The molecule has 0 radical (unpaired) electrons. The fraction of sp³-hybridized carbons (Fsp3) is 0.571. The van der Waals surface area contributed by atoms with Gasteiger partial charge in [0.05, 0.1) is 7.11 Å². The van der Waals surface area contributed by atoms with Crippen LogP contribution in [-0.2, 0) is 6.42 Å². The molecule has 1 N–H and O–H groups in total. The molecule has 0 aromatic heterocycles. The molecule has 3 heteroatoms. The predicted molar refractivity (Wildman–Crippen MR) is 76.8 cm³/mol. The Hall–Kier alpha value is -0.540. The summed E-state index contributed by atoms with van der Waals surface area (Å²) in [6.07, 6.45) is 4.65. The highest BCUT2D eigenvalue weighted by atomic mass is 79.9. The lowest BCUT2D eigenvalue weighted by molar-refractivity contribution is 0.406. The third-order valence-electron chi connectivity index (χ3n) is 3.05. The standard InChI is InChI=1S/C14H22BrNO/c1-4-5-13(16-2)8-6-11-10-12(15)7-9-14(11)17-3/h7,9-10,13,16H,4-6,8H2,1-3H3. The number of rotatable bonds is 7. The first kappa shape index (κ1) is 14.5. The summed E-state index contributed by atoms with van der Waals surface area (Å²) in [5.74, 6) is 0.986. The van der Waals surface area contributed by atoms with E-state index in [1.165, 1.54) is 18.4 Å². The largest absolute Gasteiger partial charge is 0.496 e. The van der Waals surface area contributed by atoms with E-state index in [1.807, 2.05) is 19.2 Å². The minimum atomic E-state index is 0.601. The van der Waals surface area contributed by atoms with Crippen molar-refractivity contribution >= 4 is 15.9 Å². The van der Waals surface area contributed by atoms with Crippen molar-refractivity contribution in [3.05, 3.63) is 28.2 Å². The molecular formula is C14H22BrNO. The summed E-state index contributed by atoms with van der Waals surface area (Å²) >= 11 is 3.51. The Morgan fingerprint density at radius 2 is 2.12 bits per heavy atom. The summed E-state index contributed by atoms with van der Waals surface area (Å²) in [5.41, 5.74) is 1.28. The van der Waals surface area contributed by atoms with Crippen molar-refractivity contribution in [2.75, 3.05) is 14.2 Å². The zero-order valence-electron chi connectivity index (χ0n) is 10.9. The van der Waals surface area contributed by atoms with Crippen LogP contribution in [0.15, 0.2) is 22.7 Å². The molecule has 2 nitrogen and oxygen atoms in total. The lowest BCUT2D eigenvalue weighted by Gasteiger charge is -2.16. The van der Waals surface area contributed by atoms with Gasteiger partial charge in [0.2, 0.25) is 0 Å². The molecule has 0 fully saturated rings. The molecule has 0 aliphatic carbocycles. The van der Waals surface area contributed by atoms with Crippen LogP contribution in [0.4, 0.5) is 0 Å². The van der Waals surface area contributed by atoms with Crippen molar-refractivity contribution in [1.82, 2.24) is 5.32 Å². The Morgan fingerprint density at radius 3 is 2.71 bits per heavy atom. The lowest BCUT2D eigenvalue weighted by Crippen LogP contribution is -2.25. The SMILES string of the molecule is CCCC(CCc1cc(Br)ccc1OC)NC. The highest BCUT2D eigenvalue weighted by Gasteiger charge is 2.08. The molecule has 0 bridgehead atoms. The molecule has 1 aromatic carbocycles. The summed E-state index contributed by atoms with van der Waals surface area (Å²) in [4.78, 5) is 0. The summed E-state index contributed by atoms with van der Waals surface area (Å²) in [5, 5.41) is 3.37. The lowest BCUT2D eigenvalue weighted by atomic mass is 10.0. The average molecular weight is 300 g/mol. The monoisotopic (exact) mass is 299 g/mol. The second-order valence-corrected chi connectivity index (χ2v) is 5.18. The van der Waals surface area contributed by atoms with Crippen LogP contribution in [0.25, 0.3) is 0 Å². The third kappa shape index (κ3) is 4.68. The highest BCUT2D eigenvalue weighted by molar-refractivity contribution is 9.10. The normalized spacial score (nSPS) is 12.5. The third-order valence-corrected chi connectivity index (χ3v) is 3.54. The van der Waals surface area contributed by atoms with Gasteiger partial charge in [-0.1, -0.05) is 29.3 Å². The van der Waals surface area contributed by atoms with Gasteiger partial charge in [0.15, 0.2) is 0 Å². The summed E-state index contributed by atoms with van der Waals surface area (Å²) in [6.45, 7) is 2.23. The molecule has 96 valence electrons. The van der Waals surface area contributed by atoms with Crippen molar-refractivity contribution in [3.63, 3.8) is 0 Å². The van der Waals surface area contributed by atoms with Gasteiger partial charge in [-0.2, -0.15) is 0 Å². The van der Waals surface area contributed by atoms with E-state index >= 15 is 0 Å². The quantitative estimate of drug-likeness (QED) is 0.827. The number of hydrogen-bond donors (Lipinski definition) is 1. The summed E-state index contributed by atoms with van der Waals surface area (Å²) in [7, 11) is 3.77. The topological polar surface area (TPSA) is 21.3 Å². The van der Waals surface area contributed by atoms with E-state index in [4.69, 9.17) is 4.74 Å². The zero-order valence-corrected chi connectivity index (χ0v) is 12.5. The summed E-state index contributed by atoms with van der Waals surface area (Å²) in [6, 6.07) is 6.79. The minimum absolute atomic E-state index is 0.601. The van der Waals surface area contributed by atoms with E-state index in [2.05, 4.69) is 34.2 Å². The van der Waals surface area contributed by atoms with E-state index in [-0.39, 0.29) is 0 Å². The van der Waals surface area contributed by atoms with Gasteiger partial charge >= 0.3 is 0 Å². The van der Waals surface area contributed by atoms with Gasteiger partial charge in [-0.25, -0.2) is 0 Å². The Morgan fingerprint density at radius 1 is 1.35 bits per heavy atom. The van der Waals surface area contributed by atoms with Gasteiger partial charge in [0, 0.05) is 10.5 Å². The molecule has 0 saturated carbocycles. The van der Waals surface area contributed by atoms with Gasteiger partial charge in [0.25, 0.3) is 0 Å². The number of halogens is 1. The average Bonchev–Trinajstić information content (AvgIpc) is 2.34. The Bertz CT molecular complexity index is 341. The predicted octanol–water partition coefficient (Wildman–Crippen LogP) is 3.78.